The first kappa shape index (κ1) is 14.1. The van der Waals surface area contributed by atoms with Crippen molar-refractivity contribution in [3.05, 3.63) is 59.2 Å². The van der Waals surface area contributed by atoms with E-state index in [0.29, 0.717) is 11.5 Å². The van der Waals surface area contributed by atoms with Gasteiger partial charge >= 0.3 is 0 Å². The van der Waals surface area contributed by atoms with Crippen molar-refractivity contribution in [1.29, 1.82) is 0 Å². The molecule has 0 aliphatic carbocycles. The highest BCUT2D eigenvalue weighted by Gasteiger charge is 2.10. The molecule has 0 saturated heterocycles. The molecule has 0 aliphatic rings. The van der Waals surface area contributed by atoms with Crippen LogP contribution in [0.4, 0.5) is 5.69 Å². The lowest BCUT2D eigenvalue weighted by molar-refractivity contribution is 0.102. The maximum absolute atomic E-state index is 12.2. The summed E-state index contributed by atoms with van der Waals surface area (Å²) >= 11 is 0. The van der Waals surface area contributed by atoms with Crippen LogP contribution >= 0.6 is 0 Å². The van der Waals surface area contributed by atoms with Crippen LogP contribution in [0.2, 0.25) is 0 Å². The Balaban J connectivity index is 2.15. The molecular weight excluding hydrogens is 250 g/mol. The zero-order valence-corrected chi connectivity index (χ0v) is 12.0. The van der Waals surface area contributed by atoms with Gasteiger partial charge in [0.1, 0.15) is 5.75 Å². The third-order valence-corrected chi connectivity index (χ3v) is 3.29. The van der Waals surface area contributed by atoms with Crippen molar-refractivity contribution in [3.63, 3.8) is 0 Å². The zero-order chi connectivity index (χ0) is 14.7. The number of phenols is 1. The van der Waals surface area contributed by atoms with Gasteiger partial charge in [-0.2, -0.15) is 0 Å². The van der Waals surface area contributed by atoms with Crippen molar-refractivity contribution >= 4 is 11.6 Å². The van der Waals surface area contributed by atoms with Crippen molar-refractivity contribution in [2.75, 3.05) is 5.32 Å². The third kappa shape index (κ3) is 3.18. The molecule has 0 heterocycles. The van der Waals surface area contributed by atoms with Gasteiger partial charge in [0.2, 0.25) is 0 Å². The average Bonchev–Trinajstić information content (AvgIpc) is 2.39. The van der Waals surface area contributed by atoms with E-state index >= 15 is 0 Å². The van der Waals surface area contributed by atoms with Crippen molar-refractivity contribution in [2.24, 2.45) is 0 Å². The molecule has 0 fully saturated rings. The van der Waals surface area contributed by atoms with Gasteiger partial charge in [-0.1, -0.05) is 26.0 Å². The van der Waals surface area contributed by atoms with Gasteiger partial charge in [0, 0.05) is 11.3 Å². The van der Waals surface area contributed by atoms with Crippen molar-refractivity contribution in [2.45, 2.75) is 26.7 Å². The van der Waals surface area contributed by atoms with Crippen LogP contribution in [0.5, 0.6) is 5.75 Å². The molecule has 3 nitrogen and oxygen atoms in total. The van der Waals surface area contributed by atoms with Gasteiger partial charge in [-0.3, -0.25) is 4.79 Å². The number of aromatic hydroxyl groups is 1. The monoisotopic (exact) mass is 269 g/mol. The molecular formula is C17H19NO2. The minimum atomic E-state index is -0.167. The molecule has 0 radical (unpaired) electrons. The number of nitrogens with one attached hydrogen (secondary N) is 1. The first-order valence-corrected chi connectivity index (χ1v) is 6.68. The first-order chi connectivity index (χ1) is 9.47. The highest BCUT2D eigenvalue weighted by atomic mass is 16.3. The van der Waals surface area contributed by atoms with Crippen LogP contribution in [0.3, 0.4) is 0 Å². The summed E-state index contributed by atoms with van der Waals surface area (Å²) in [6, 6.07) is 12.6. The number of phenolic OH excluding ortho intramolecular Hbond substituents is 1. The molecule has 0 aliphatic heterocycles. The summed E-state index contributed by atoms with van der Waals surface area (Å²) in [6.45, 7) is 6.07. The SMILES string of the molecule is Cc1cc(O)ccc1C(=O)Nc1ccc(C(C)C)cc1. The Bertz CT molecular complexity index is 615. The second-order valence-electron chi connectivity index (χ2n) is 5.23. The highest BCUT2D eigenvalue weighted by molar-refractivity contribution is 6.05. The maximum atomic E-state index is 12.2. The molecule has 2 aromatic carbocycles. The van der Waals surface area contributed by atoms with E-state index in [2.05, 4.69) is 19.2 Å². The van der Waals surface area contributed by atoms with E-state index in [-0.39, 0.29) is 11.7 Å². The number of anilines is 1. The molecule has 20 heavy (non-hydrogen) atoms. The van der Waals surface area contributed by atoms with E-state index in [0.717, 1.165) is 11.3 Å². The molecule has 104 valence electrons. The van der Waals surface area contributed by atoms with Gasteiger partial charge in [-0.05, 0) is 54.3 Å². The van der Waals surface area contributed by atoms with Crippen LogP contribution in [0, 0.1) is 6.92 Å². The Morgan fingerprint density at radius 3 is 2.30 bits per heavy atom. The minimum Gasteiger partial charge on any atom is -0.508 e. The van der Waals surface area contributed by atoms with E-state index in [9.17, 15) is 9.90 Å². The minimum absolute atomic E-state index is 0.167. The Morgan fingerprint density at radius 1 is 1.10 bits per heavy atom. The zero-order valence-electron chi connectivity index (χ0n) is 12.0. The van der Waals surface area contributed by atoms with Crippen LogP contribution in [0.15, 0.2) is 42.5 Å². The Kier molecular flexibility index (Phi) is 4.08. The normalized spacial score (nSPS) is 10.6. The van der Waals surface area contributed by atoms with Crippen LogP contribution < -0.4 is 5.32 Å². The predicted octanol–water partition coefficient (Wildman–Crippen LogP) is 4.08. The van der Waals surface area contributed by atoms with E-state index in [1.807, 2.05) is 24.3 Å². The lowest BCUT2D eigenvalue weighted by atomic mass is 10.0. The Labute approximate surface area is 119 Å². The van der Waals surface area contributed by atoms with Crippen LogP contribution in [-0.4, -0.2) is 11.0 Å². The fourth-order valence-electron chi connectivity index (χ4n) is 2.05. The highest BCUT2D eigenvalue weighted by Crippen LogP contribution is 2.19. The molecule has 2 rings (SSSR count). The molecule has 3 heteroatoms. The van der Waals surface area contributed by atoms with Crippen molar-refractivity contribution < 1.29 is 9.90 Å². The van der Waals surface area contributed by atoms with E-state index < -0.39 is 0 Å². The van der Waals surface area contributed by atoms with E-state index in [1.165, 1.54) is 11.6 Å². The maximum Gasteiger partial charge on any atom is 0.255 e. The molecule has 2 aromatic rings. The lowest BCUT2D eigenvalue weighted by Gasteiger charge is -2.10. The molecule has 0 bridgehead atoms. The van der Waals surface area contributed by atoms with Crippen LogP contribution in [0.1, 0.15) is 41.3 Å². The number of aryl methyl sites for hydroxylation is 1. The number of carbonyl (C=O) groups is 1. The Morgan fingerprint density at radius 2 is 1.75 bits per heavy atom. The summed E-state index contributed by atoms with van der Waals surface area (Å²) in [5.41, 5.74) is 3.33. The van der Waals surface area contributed by atoms with Crippen LogP contribution in [0.25, 0.3) is 0 Å². The van der Waals surface area contributed by atoms with Gasteiger partial charge in [-0.25, -0.2) is 0 Å². The van der Waals surface area contributed by atoms with Gasteiger partial charge in [-0.15, -0.1) is 0 Å². The number of carbonyl (C=O) groups excluding carboxylic acids is 1. The fourth-order valence-corrected chi connectivity index (χ4v) is 2.05. The summed E-state index contributed by atoms with van der Waals surface area (Å²) in [4.78, 5) is 12.2. The first-order valence-electron chi connectivity index (χ1n) is 6.68. The van der Waals surface area contributed by atoms with Crippen molar-refractivity contribution in [3.8, 4) is 5.75 Å². The predicted molar refractivity (Wildman–Crippen MR) is 81.3 cm³/mol. The summed E-state index contributed by atoms with van der Waals surface area (Å²) < 4.78 is 0. The van der Waals surface area contributed by atoms with Gasteiger partial charge < -0.3 is 10.4 Å². The number of benzene rings is 2. The van der Waals surface area contributed by atoms with Crippen LogP contribution in [-0.2, 0) is 0 Å². The smallest absolute Gasteiger partial charge is 0.255 e. The summed E-state index contributed by atoms with van der Waals surface area (Å²) in [5, 5.41) is 12.2. The molecule has 0 atom stereocenters. The summed E-state index contributed by atoms with van der Waals surface area (Å²) in [7, 11) is 0. The second-order valence-corrected chi connectivity index (χ2v) is 5.23. The standard InChI is InChI=1S/C17H19NO2/c1-11(2)13-4-6-14(7-5-13)18-17(20)16-9-8-15(19)10-12(16)3/h4-11,19H,1-3H3,(H,18,20). The summed E-state index contributed by atoms with van der Waals surface area (Å²) in [6.07, 6.45) is 0. The quantitative estimate of drug-likeness (QED) is 0.882. The van der Waals surface area contributed by atoms with E-state index in [1.54, 1.807) is 19.1 Å². The lowest BCUT2D eigenvalue weighted by Crippen LogP contribution is -2.13. The Hall–Kier alpha value is -2.29. The molecule has 0 aromatic heterocycles. The number of rotatable bonds is 3. The van der Waals surface area contributed by atoms with Gasteiger partial charge in [0.15, 0.2) is 0 Å². The van der Waals surface area contributed by atoms with E-state index in [4.69, 9.17) is 0 Å². The number of amides is 1. The average molecular weight is 269 g/mol. The molecule has 0 saturated carbocycles. The molecule has 0 unspecified atom stereocenters. The number of hydrogen-bond acceptors (Lipinski definition) is 2. The number of hydrogen-bond donors (Lipinski definition) is 2. The third-order valence-electron chi connectivity index (χ3n) is 3.29. The molecule has 2 N–H and O–H groups in total. The summed E-state index contributed by atoms with van der Waals surface area (Å²) in [5.74, 6) is 0.472. The largest absolute Gasteiger partial charge is 0.508 e. The topological polar surface area (TPSA) is 49.3 Å². The molecule has 1 amide bonds. The van der Waals surface area contributed by atoms with Crippen molar-refractivity contribution in [1.82, 2.24) is 0 Å². The fraction of sp³-hybridized carbons (Fsp3) is 0.235. The molecule has 0 spiro atoms. The van der Waals surface area contributed by atoms with Gasteiger partial charge in [0.05, 0.1) is 0 Å². The van der Waals surface area contributed by atoms with Gasteiger partial charge in [0.25, 0.3) is 5.91 Å². The second kappa shape index (κ2) is 5.78.